The fourth-order valence-electron chi connectivity index (χ4n) is 2.75. The number of nitrogens with zero attached hydrogens (tertiary/aromatic N) is 5. The van der Waals surface area contributed by atoms with Gasteiger partial charge in [0.25, 0.3) is 0 Å². The van der Waals surface area contributed by atoms with Gasteiger partial charge in [-0.25, -0.2) is 32.7 Å². The van der Waals surface area contributed by atoms with Gasteiger partial charge >= 0.3 is 0 Å². The molecule has 0 aliphatic heterocycles. The lowest BCUT2D eigenvalue weighted by atomic mass is 10.1. The number of imidazole rings is 1. The first-order chi connectivity index (χ1) is 13.4. The molecule has 0 saturated carbocycles. The maximum Gasteiger partial charge on any atom is 0.247 e. The third kappa shape index (κ3) is 3.18. The van der Waals surface area contributed by atoms with Crippen molar-refractivity contribution >= 4 is 15.5 Å². The summed E-state index contributed by atoms with van der Waals surface area (Å²) in [6.07, 6.45) is 5.54. The Balaban J connectivity index is 2.04. The molecule has 0 unspecified atom stereocenters. The minimum absolute atomic E-state index is 0.300. The van der Waals surface area contributed by atoms with Gasteiger partial charge < -0.3 is 4.74 Å². The summed E-state index contributed by atoms with van der Waals surface area (Å²) in [7, 11) is -2.12. The third-order valence-corrected chi connectivity index (χ3v) is 4.88. The SMILES string of the molecule is COc1cn2c(-c3ccnc(S(C)(=O)=O)n3)c(-c3ccc(F)cc3)nc2cn1. The molecule has 4 rings (SSSR count). The first kappa shape index (κ1) is 18.0. The van der Waals surface area contributed by atoms with E-state index in [9.17, 15) is 12.8 Å². The normalized spacial score (nSPS) is 11.7. The molecule has 0 N–H and O–H groups in total. The van der Waals surface area contributed by atoms with Crippen LogP contribution < -0.4 is 4.74 Å². The highest BCUT2D eigenvalue weighted by atomic mass is 32.2. The molecule has 0 aliphatic carbocycles. The van der Waals surface area contributed by atoms with Crippen molar-refractivity contribution in [1.29, 1.82) is 0 Å². The topological polar surface area (TPSA) is 99.3 Å². The molecule has 8 nitrogen and oxygen atoms in total. The number of benzene rings is 1. The van der Waals surface area contributed by atoms with Gasteiger partial charge in [-0.1, -0.05) is 0 Å². The minimum Gasteiger partial charge on any atom is -0.480 e. The maximum atomic E-state index is 13.4. The Morgan fingerprint density at radius 1 is 1.07 bits per heavy atom. The van der Waals surface area contributed by atoms with E-state index in [-0.39, 0.29) is 11.0 Å². The highest BCUT2D eigenvalue weighted by Gasteiger charge is 2.20. The van der Waals surface area contributed by atoms with E-state index < -0.39 is 9.84 Å². The van der Waals surface area contributed by atoms with Gasteiger partial charge in [0, 0.05) is 18.0 Å². The number of sulfone groups is 1. The lowest BCUT2D eigenvalue weighted by Gasteiger charge is -2.07. The third-order valence-electron chi connectivity index (χ3n) is 4.02. The number of fused-ring (bicyclic) bond motifs is 1. The standard InChI is InChI=1S/C18H14FN5O3S/c1-27-15-10-24-14(9-21-15)23-16(11-3-5-12(19)6-4-11)17(24)13-7-8-20-18(22-13)28(2,25)26/h3-10H,1-2H3. The summed E-state index contributed by atoms with van der Waals surface area (Å²) < 4.78 is 44.0. The zero-order valence-corrected chi connectivity index (χ0v) is 15.7. The number of hydrogen-bond acceptors (Lipinski definition) is 7. The fourth-order valence-corrected chi connectivity index (χ4v) is 3.26. The van der Waals surface area contributed by atoms with E-state index >= 15 is 0 Å². The molecule has 4 aromatic rings. The van der Waals surface area contributed by atoms with Crippen LogP contribution in [0.1, 0.15) is 0 Å². The summed E-state index contributed by atoms with van der Waals surface area (Å²) in [5, 5.41) is -0.300. The minimum atomic E-state index is -3.60. The van der Waals surface area contributed by atoms with Crippen molar-refractivity contribution < 1.29 is 17.5 Å². The van der Waals surface area contributed by atoms with Gasteiger partial charge in [-0.2, -0.15) is 0 Å². The Kier molecular flexibility index (Phi) is 4.27. The molecule has 142 valence electrons. The summed E-state index contributed by atoms with van der Waals surface area (Å²) in [6.45, 7) is 0. The molecule has 0 fully saturated rings. The van der Waals surface area contributed by atoms with Crippen LogP contribution in [0, 0.1) is 5.82 Å². The van der Waals surface area contributed by atoms with E-state index in [2.05, 4.69) is 19.9 Å². The Labute approximate surface area is 159 Å². The number of aromatic nitrogens is 5. The van der Waals surface area contributed by atoms with Crippen molar-refractivity contribution in [2.75, 3.05) is 13.4 Å². The van der Waals surface area contributed by atoms with Crippen LogP contribution in [0.2, 0.25) is 0 Å². The highest BCUT2D eigenvalue weighted by Crippen LogP contribution is 2.32. The van der Waals surface area contributed by atoms with Crippen molar-refractivity contribution in [2.45, 2.75) is 5.16 Å². The molecule has 10 heteroatoms. The lowest BCUT2D eigenvalue weighted by Crippen LogP contribution is -2.05. The second-order valence-electron chi connectivity index (χ2n) is 5.97. The Bertz CT molecular complexity index is 1290. The van der Waals surface area contributed by atoms with Gasteiger partial charge in [-0.05, 0) is 30.3 Å². The number of halogens is 1. The monoisotopic (exact) mass is 399 g/mol. The van der Waals surface area contributed by atoms with Crippen LogP contribution in [0.5, 0.6) is 5.88 Å². The van der Waals surface area contributed by atoms with Crippen molar-refractivity contribution in [3.05, 3.63) is 54.7 Å². The molecule has 3 aromatic heterocycles. The van der Waals surface area contributed by atoms with E-state index in [0.29, 0.717) is 34.2 Å². The van der Waals surface area contributed by atoms with Crippen molar-refractivity contribution in [3.8, 4) is 28.5 Å². The van der Waals surface area contributed by atoms with Gasteiger partial charge in [-0.15, -0.1) is 0 Å². The average molecular weight is 399 g/mol. The fraction of sp³-hybridized carbons (Fsp3) is 0.111. The molecule has 1 aromatic carbocycles. The zero-order chi connectivity index (χ0) is 19.9. The predicted molar refractivity (Wildman–Crippen MR) is 99.1 cm³/mol. The number of rotatable bonds is 4. The second kappa shape index (κ2) is 6.64. The summed E-state index contributed by atoms with van der Waals surface area (Å²) in [5.74, 6) is -0.0343. The van der Waals surface area contributed by atoms with Crippen LogP contribution in [-0.2, 0) is 9.84 Å². The van der Waals surface area contributed by atoms with E-state index in [1.807, 2.05) is 0 Å². The first-order valence-electron chi connectivity index (χ1n) is 8.08. The number of methoxy groups -OCH3 is 1. The molecule has 28 heavy (non-hydrogen) atoms. The smallest absolute Gasteiger partial charge is 0.247 e. The van der Waals surface area contributed by atoms with Crippen molar-refractivity contribution in [3.63, 3.8) is 0 Å². The van der Waals surface area contributed by atoms with Gasteiger partial charge in [0.1, 0.15) is 5.82 Å². The largest absolute Gasteiger partial charge is 0.480 e. The molecule has 0 radical (unpaired) electrons. The van der Waals surface area contributed by atoms with Crippen LogP contribution in [0.3, 0.4) is 0 Å². The summed E-state index contributed by atoms with van der Waals surface area (Å²) in [4.78, 5) is 16.7. The quantitative estimate of drug-likeness (QED) is 0.486. The lowest BCUT2D eigenvalue weighted by molar-refractivity contribution is 0.395. The van der Waals surface area contributed by atoms with Crippen LogP contribution in [0.15, 0.2) is 54.1 Å². The summed E-state index contributed by atoms with van der Waals surface area (Å²) >= 11 is 0. The van der Waals surface area contributed by atoms with Gasteiger partial charge in [0.2, 0.25) is 20.9 Å². The summed E-state index contributed by atoms with van der Waals surface area (Å²) in [6, 6.07) is 7.40. The molecule has 0 atom stereocenters. The van der Waals surface area contributed by atoms with Gasteiger partial charge in [0.15, 0.2) is 5.65 Å². The number of ether oxygens (including phenoxy) is 1. The molecule has 3 heterocycles. The second-order valence-corrected chi connectivity index (χ2v) is 7.88. The average Bonchev–Trinajstić information content (AvgIpc) is 3.06. The Morgan fingerprint density at radius 2 is 1.82 bits per heavy atom. The molecule has 0 spiro atoms. The van der Waals surface area contributed by atoms with E-state index in [1.165, 1.54) is 31.6 Å². The van der Waals surface area contributed by atoms with E-state index in [0.717, 1.165) is 6.26 Å². The Morgan fingerprint density at radius 3 is 2.50 bits per heavy atom. The molecule has 0 saturated heterocycles. The molecular weight excluding hydrogens is 385 g/mol. The molecule has 0 amide bonds. The maximum absolute atomic E-state index is 13.4. The number of hydrogen-bond donors (Lipinski definition) is 0. The Hall–Kier alpha value is -3.40. The van der Waals surface area contributed by atoms with Crippen molar-refractivity contribution in [2.24, 2.45) is 0 Å². The zero-order valence-electron chi connectivity index (χ0n) is 14.9. The molecule has 0 bridgehead atoms. The summed E-state index contributed by atoms with van der Waals surface area (Å²) in [5.41, 5.74) is 2.48. The predicted octanol–water partition coefficient (Wildman–Crippen LogP) is 2.40. The van der Waals surface area contributed by atoms with Gasteiger partial charge in [-0.3, -0.25) is 4.40 Å². The van der Waals surface area contributed by atoms with Crippen LogP contribution in [0.25, 0.3) is 28.3 Å². The molecule has 0 aliphatic rings. The van der Waals surface area contributed by atoms with E-state index in [4.69, 9.17) is 4.74 Å². The van der Waals surface area contributed by atoms with Gasteiger partial charge in [0.05, 0.1) is 36.6 Å². The van der Waals surface area contributed by atoms with Crippen LogP contribution >= 0.6 is 0 Å². The van der Waals surface area contributed by atoms with E-state index in [1.54, 1.807) is 28.8 Å². The van der Waals surface area contributed by atoms with Crippen LogP contribution in [-0.4, -0.2) is 46.1 Å². The first-order valence-corrected chi connectivity index (χ1v) is 9.97. The molecular formula is C18H14FN5O3S. The van der Waals surface area contributed by atoms with Crippen molar-refractivity contribution in [1.82, 2.24) is 24.3 Å². The van der Waals surface area contributed by atoms with Crippen LogP contribution in [0.4, 0.5) is 4.39 Å². The highest BCUT2D eigenvalue weighted by molar-refractivity contribution is 7.90.